The predicted molar refractivity (Wildman–Crippen MR) is 453 cm³/mol. The van der Waals surface area contributed by atoms with Gasteiger partial charge in [-0.15, -0.1) is 0 Å². The van der Waals surface area contributed by atoms with Crippen LogP contribution < -0.4 is 186 Å². The molecule has 672 valence electrons. The second kappa shape index (κ2) is 51.2. The van der Waals surface area contributed by atoms with E-state index in [0.717, 1.165) is 23.5 Å². The molecule has 0 aliphatic heterocycles. The average Bonchev–Trinajstić information content (AvgIpc) is 1.14. The van der Waals surface area contributed by atoms with Gasteiger partial charge in [-0.1, -0.05) is 49.6 Å². The Labute approximate surface area is 835 Å². The molecule has 15 rings (SSSR count). The third kappa shape index (κ3) is 33.1. The van der Waals surface area contributed by atoms with Crippen LogP contribution >= 0.6 is 27.9 Å². The van der Waals surface area contributed by atoms with Crippen molar-refractivity contribution in [2.75, 3.05) is 39.1 Å². The average molecular weight is 1970 g/mol. The maximum Gasteiger partial charge on any atom is 1.00 e. The molecule has 0 saturated carbocycles. The molecule has 15 aromatic rings. The van der Waals surface area contributed by atoms with Gasteiger partial charge in [0.25, 0.3) is 6.47 Å². The maximum atomic E-state index is 14.5. The minimum atomic E-state index is -3.98. The molecule has 0 unspecified atom stereocenters. The van der Waals surface area contributed by atoms with Crippen molar-refractivity contribution in [3.63, 3.8) is 0 Å². The number of carbonyl (C=O) groups excluding carboxylic acids is 1. The van der Waals surface area contributed by atoms with Gasteiger partial charge in [0, 0.05) is 57.2 Å². The van der Waals surface area contributed by atoms with E-state index in [0.29, 0.717) is 121 Å². The molecule has 50 heteroatoms. The van der Waals surface area contributed by atoms with Crippen LogP contribution in [0.2, 0.25) is 0 Å². The van der Waals surface area contributed by atoms with Crippen LogP contribution in [-0.4, -0.2) is 75.8 Å². The number of benzene rings is 6. The number of rotatable bonds is 32. The van der Waals surface area contributed by atoms with Crippen molar-refractivity contribution in [1.82, 2.24) is 54.8 Å². The number of hydrogen-bond acceptors (Lipinski definition) is 39. The van der Waals surface area contributed by atoms with Gasteiger partial charge in [-0.2, -0.15) is 15.0 Å². The summed E-state index contributed by atoms with van der Waals surface area (Å²) in [6, 6.07) is 45.1. The van der Waals surface area contributed by atoms with Gasteiger partial charge in [0.2, 0.25) is 37.9 Å². The van der Waals surface area contributed by atoms with E-state index in [9.17, 15) is 48.8 Å². The van der Waals surface area contributed by atoms with Gasteiger partial charge < -0.3 is 97.8 Å². The summed E-state index contributed by atoms with van der Waals surface area (Å²) in [5.74, 6) is 2.02. The summed E-state index contributed by atoms with van der Waals surface area (Å²) in [7, 11) is -8.85. The van der Waals surface area contributed by atoms with E-state index < -0.39 is 62.1 Å². The molecule has 0 aliphatic rings. The number of nitrogens with one attached hydrogen (secondary N) is 8. The number of nitrogens with zero attached hydrogens (tertiary/aromatic N) is 9. The van der Waals surface area contributed by atoms with E-state index in [1.807, 2.05) is 31.2 Å². The number of anilines is 12. The molecule has 0 atom stereocenters. The minimum absolute atomic E-state index is 0. The van der Waals surface area contributed by atoms with Gasteiger partial charge in [0.05, 0.1) is 55.3 Å². The van der Waals surface area contributed by atoms with E-state index in [2.05, 4.69) is 116 Å². The van der Waals surface area contributed by atoms with Gasteiger partial charge in [-0.05, 0) is 181 Å². The van der Waals surface area contributed by atoms with Crippen LogP contribution in [0.3, 0.4) is 0 Å². The Morgan fingerprint density at radius 2 is 0.823 bits per heavy atom. The van der Waals surface area contributed by atoms with Crippen molar-refractivity contribution in [3.8, 4) is 17.2 Å². The first-order chi connectivity index (χ1) is 61.9. The van der Waals surface area contributed by atoms with Crippen LogP contribution in [0.15, 0.2) is 252 Å². The molecule has 40 nitrogen and oxygen atoms in total. The van der Waals surface area contributed by atoms with E-state index in [1.165, 1.54) is 55.3 Å². The first-order valence-electron chi connectivity index (χ1n) is 37.4. The van der Waals surface area contributed by atoms with Crippen molar-refractivity contribution in [1.29, 1.82) is 0 Å². The van der Waals surface area contributed by atoms with Gasteiger partial charge >= 0.3 is 120 Å². The number of hydrogen-bond donors (Lipinski definition) is 9. The zero-order valence-electron chi connectivity index (χ0n) is 71.5. The van der Waals surface area contributed by atoms with Gasteiger partial charge in [-0.25, -0.2) is 69.2 Å². The van der Waals surface area contributed by atoms with Crippen molar-refractivity contribution in [2.24, 2.45) is 5.14 Å². The molecule has 0 bridgehead atoms. The Hall–Kier alpha value is -11.5. The largest absolute Gasteiger partial charge is 1.00 e. The summed E-state index contributed by atoms with van der Waals surface area (Å²) in [4.78, 5) is 69.1. The Morgan fingerprint density at radius 3 is 1.15 bits per heavy atom. The maximum absolute atomic E-state index is 14.5. The van der Waals surface area contributed by atoms with Crippen molar-refractivity contribution in [3.05, 3.63) is 301 Å². The molecule has 0 fully saturated rings. The Morgan fingerprint density at radius 1 is 0.485 bits per heavy atom. The standard InChI is InChI=1S/C26H23FN6O7S.C26H23FN6O5S.C21H19FN6O4S.C5H5BrO3.CH3F.CH2O3.2K.H/c1-15-10-19(33-40-15)14-37-20-8-6-17(7-9-20)30-24-22(27)12-28-25(32-24)31-18-4-3-5-21(11-18)41(35,36)29-13-23-16(2)38-26(34)39-23;1-15-10-19(33-38-15)14-35-20-8-6-17(7-9-20)30-24-22(27)12-28-25(32-24)31-18-4-3-5-21(11-18)39-29-13-23-16(2)36-26(34)37-23;1-13-9-16(28-32-13)12-31-17-7-5-14(6-8-17)25-20-19(22)11-24-21(27-20)26-15-3-2-4-18(10-15)33(23,29)30;1-3-4(2-6)9-5(7)8-3;1-2;2-1-4-3;;;/h3-12,29H,13-14H2,1-2H3,(H2,28,30,31,32);3-12,29H,13-14H2,1-2H3,(H2,28,30,31,32);2-11H,12H2,1H3,(H2,23,29,30)(H2,24,25,26,27);2H2,1H3;1H3;1,3H;;;/q;;;;;;2*+1;-1/p-1/i;;;;1D;;;;. The second-order valence-electron chi connectivity index (χ2n) is 25.6. The molecule has 130 heavy (non-hydrogen) atoms. The van der Waals surface area contributed by atoms with Crippen molar-refractivity contribution in [2.45, 2.75) is 94.5 Å². The number of nitrogens with two attached hydrogens (primary N) is 1. The molecular formula is C80H75BrF4K2N18O22S3. The summed E-state index contributed by atoms with van der Waals surface area (Å²) in [5, 5.41) is 43.2. The zero-order valence-corrected chi connectivity index (χ0v) is 79.8. The molecule has 0 amide bonds. The molecular weight excluding hydrogens is 1900 g/mol. The fraction of sp³-hybridized carbons (Fsp3) is 0.163. The van der Waals surface area contributed by atoms with Crippen LogP contribution in [0.4, 0.5) is 87.0 Å². The summed E-state index contributed by atoms with van der Waals surface area (Å²) < 4.78 is 173. The summed E-state index contributed by atoms with van der Waals surface area (Å²) >= 11 is 4.47. The molecule has 10 N–H and O–H groups in total. The first kappa shape index (κ1) is 102. The third-order valence-corrected chi connectivity index (χ3v) is 19.8. The Kier molecular flexibility index (Phi) is 40.2. The number of sulfonamides is 2. The molecule has 0 aliphatic carbocycles. The third-order valence-electron chi connectivity index (χ3n) is 16.2. The van der Waals surface area contributed by atoms with E-state index in [1.54, 1.807) is 131 Å². The topological polar surface area (TPSA) is 553 Å². The number of aromatic nitrogens is 9. The fourth-order valence-corrected chi connectivity index (χ4v) is 13.1. The number of halogens is 5. The molecule has 0 saturated heterocycles. The van der Waals surface area contributed by atoms with Gasteiger partial charge in [0.15, 0.2) is 52.2 Å². The van der Waals surface area contributed by atoms with Crippen LogP contribution in [0.1, 0.15) is 71.7 Å². The van der Waals surface area contributed by atoms with Crippen LogP contribution in [0, 0.1) is 59.0 Å². The molecule has 0 radical (unpaired) electrons. The number of carbonyl (C=O) groups is 1. The fourth-order valence-electron chi connectivity index (χ4n) is 10.3. The Bertz CT molecular complexity index is 6650. The number of aryl methyl sites for hydroxylation is 6. The summed E-state index contributed by atoms with van der Waals surface area (Å²) in [6.45, 7) is 10.9. The van der Waals surface area contributed by atoms with E-state index in [-0.39, 0.29) is 194 Å². The van der Waals surface area contributed by atoms with Crippen molar-refractivity contribution >= 4 is 124 Å². The molecule has 6 aromatic carbocycles. The predicted octanol–water partition coefficient (Wildman–Crippen LogP) is 8.14. The Balaban J connectivity index is 0.000000247. The minimum Gasteiger partial charge on any atom is -1.00 e. The normalized spacial score (nSPS) is 10.7. The number of primary sulfonamides is 1. The molecule has 0 spiro atoms. The zero-order chi connectivity index (χ0) is 92.6. The molecule has 9 aromatic heterocycles. The number of ether oxygens (including phenoxy) is 3. The number of alkyl halides is 2. The second-order valence-corrected chi connectivity index (χ2v) is 30.5. The van der Waals surface area contributed by atoms with Gasteiger partial charge in [-0.3, -0.25) is 13.9 Å². The summed E-state index contributed by atoms with van der Waals surface area (Å²) in [6.07, 6.45) is 3.08. The molecule has 9 heterocycles. The smallest absolute Gasteiger partial charge is 1.00 e. The summed E-state index contributed by atoms with van der Waals surface area (Å²) in [5.41, 5.74) is 5.17. The van der Waals surface area contributed by atoms with Crippen molar-refractivity contribution < 1.29 is 209 Å². The monoisotopic (exact) mass is 1970 g/mol. The first-order valence-corrected chi connectivity index (χ1v) is 41.6. The van der Waals surface area contributed by atoms with Crippen LogP contribution in [0.25, 0.3) is 0 Å². The SMILES string of the molecule is Cc1cc(COc2ccc(Nc3nc(Nc4cccc(S(=O)(=O)NCc5oc(=O)oc5C)c4)ncc3F)cc2)no1.Cc1cc(COc2ccc(Nc3nc(Nc4cccc(S(N)(=O)=O)c4)ncc3F)cc2)no1.Cc1cc(COc2ccc(Nc3nc(Nc4cccc(SNCc5oc(=O)oc5C)c4)ncc3F)cc2)no1.Cc1oc(=O)oc1CBr.O=CO[O-].[2H]CF.[H-].[K+].[K+]. The van der Waals surface area contributed by atoms with Crippen LogP contribution in [-0.2, 0) is 68.0 Å². The van der Waals surface area contributed by atoms with Crippen LogP contribution in [0.5, 0.6) is 17.2 Å². The van der Waals surface area contributed by atoms with Gasteiger partial charge in [0.1, 0.15) is 88.7 Å². The van der Waals surface area contributed by atoms with E-state index >= 15 is 0 Å². The van der Waals surface area contributed by atoms with E-state index in [4.69, 9.17) is 62.0 Å². The quantitative estimate of drug-likeness (QED) is 0.00365.